The molecule has 1 atom stereocenters. The first-order valence-electron chi connectivity index (χ1n) is 9.15. The molecule has 0 aromatic heterocycles. The minimum absolute atomic E-state index is 0.0586. The Morgan fingerprint density at radius 3 is 2.43 bits per heavy atom. The van der Waals surface area contributed by atoms with Gasteiger partial charge in [0, 0.05) is 25.7 Å². The summed E-state index contributed by atoms with van der Waals surface area (Å²) < 4.78 is 26.9. The SMILES string of the molecule is O=[N+]([O-])c1cc(S(=O)(=O)N2CCCCC2)ccc1NC[C@H](O)c1ccccc1. The van der Waals surface area contributed by atoms with Crippen LogP contribution in [0.2, 0.25) is 0 Å². The number of hydrogen-bond acceptors (Lipinski definition) is 6. The predicted octanol–water partition coefficient (Wildman–Crippen LogP) is 2.91. The number of aliphatic hydroxyl groups is 1. The second-order valence-corrected chi connectivity index (χ2v) is 8.65. The van der Waals surface area contributed by atoms with Crippen LogP contribution in [0.25, 0.3) is 0 Å². The summed E-state index contributed by atoms with van der Waals surface area (Å²) >= 11 is 0. The van der Waals surface area contributed by atoms with Gasteiger partial charge in [0.15, 0.2) is 0 Å². The van der Waals surface area contributed by atoms with E-state index in [2.05, 4.69) is 5.32 Å². The molecule has 9 heteroatoms. The van der Waals surface area contributed by atoms with Crippen molar-refractivity contribution in [3.05, 3.63) is 64.2 Å². The van der Waals surface area contributed by atoms with E-state index in [-0.39, 0.29) is 22.8 Å². The van der Waals surface area contributed by atoms with Gasteiger partial charge < -0.3 is 10.4 Å². The standard InChI is InChI=1S/C19H23N3O5S/c23-19(15-7-3-1-4-8-15)14-20-17-10-9-16(13-18(17)22(24)25)28(26,27)21-11-5-2-6-12-21/h1,3-4,7-10,13,19-20,23H,2,5-6,11-12,14H2/t19-/m0/s1. The van der Waals surface area contributed by atoms with Crippen LogP contribution in [0.1, 0.15) is 30.9 Å². The van der Waals surface area contributed by atoms with E-state index in [1.54, 1.807) is 24.3 Å². The van der Waals surface area contributed by atoms with Crippen molar-refractivity contribution in [2.24, 2.45) is 0 Å². The number of nitrogens with one attached hydrogen (secondary N) is 1. The third-order valence-corrected chi connectivity index (χ3v) is 6.68. The van der Waals surface area contributed by atoms with Gasteiger partial charge in [0.2, 0.25) is 10.0 Å². The number of piperidine rings is 1. The quantitative estimate of drug-likeness (QED) is 0.541. The van der Waals surface area contributed by atoms with Crippen LogP contribution in [0.15, 0.2) is 53.4 Å². The van der Waals surface area contributed by atoms with Gasteiger partial charge in [-0.25, -0.2) is 8.42 Å². The lowest BCUT2D eigenvalue weighted by atomic mass is 10.1. The molecule has 3 rings (SSSR count). The Hall–Kier alpha value is -2.49. The highest BCUT2D eigenvalue weighted by molar-refractivity contribution is 7.89. The number of nitro groups is 1. The molecule has 0 saturated carbocycles. The first-order valence-corrected chi connectivity index (χ1v) is 10.6. The number of hydrogen-bond donors (Lipinski definition) is 2. The van der Waals surface area contributed by atoms with Crippen molar-refractivity contribution in [3.8, 4) is 0 Å². The Balaban J connectivity index is 1.80. The molecule has 0 amide bonds. The van der Waals surface area contributed by atoms with Crippen molar-refractivity contribution < 1.29 is 18.4 Å². The zero-order chi connectivity index (χ0) is 20.1. The summed E-state index contributed by atoms with van der Waals surface area (Å²) in [5.74, 6) is 0. The molecule has 1 heterocycles. The van der Waals surface area contributed by atoms with E-state index in [1.165, 1.54) is 16.4 Å². The van der Waals surface area contributed by atoms with E-state index < -0.39 is 21.1 Å². The molecule has 2 aromatic rings. The first-order chi connectivity index (χ1) is 13.4. The van der Waals surface area contributed by atoms with Gasteiger partial charge in [0.05, 0.1) is 15.9 Å². The Kier molecular flexibility index (Phi) is 6.28. The van der Waals surface area contributed by atoms with E-state index >= 15 is 0 Å². The number of rotatable bonds is 7. The molecule has 28 heavy (non-hydrogen) atoms. The fourth-order valence-electron chi connectivity index (χ4n) is 3.23. The number of benzene rings is 2. The molecule has 0 unspecified atom stereocenters. The number of anilines is 1. The van der Waals surface area contributed by atoms with E-state index in [0.717, 1.165) is 25.3 Å². The molecule has 1 saturated heterocycles. The lowest BCUT2D eigenvalue weighted by Crippen LogP contribution is -2.35. The largest absolute Gasteiger partial charge is 0.387 e. The summed E-state index contributed by atoms with van der Waals surface area (Å²) in [7, 11) is -3.76. The molecule has 0 radical (unpaired) electrons. The van der Waals surface area contributed by atoms with Crippen LogP contribution in [-0.2, 0) is 10.0 Å². The second kappa shape index (κ2) is 8.68. The minimum atomic E-state index is -3.76. The van der Waals surface area contributed by atoms with Crippen LogP contribution < -0.4 is 5.32 Å². The van der Waals surface area contributed by atoms with Crippen molar-refractivity contribution in [1.29, 1.82) is 0 Å². The van der Waals surface area contributed by atoms with E-state index in [0.29, 0.717) is 18.7 Å². The molecular formula is C19H23N3O5S. The second-order valence-electron chi connectivity index (χ2n) is 6.71. The van der Waals surface area contributed by atoms with Crippen LogP contribution in [-0.4, -0.2) is 42.4 Å². The van der Waals surface area contributed by atoms with Gasteiger partial charge in [-0.05, 0) is 30.5 Å². The van der Waals surface area contributed by atoms with Crippen LogP contribution >= 0.6 is 0 Å². The topological polar surface area (TPSA) is 113 Å². The maximum absolute atomic E-state index is 12.8. The summed E-state index contributed by atoms with van der Waals surface area (Å²) in [5.41, 5.74) is 0.512. The molecular weight excluding hydrogens is 382 g/mol. The van der Waals surface area contributed by atoms with Crippen molar-refractivity contribution in [2.75, 3.05) is 25.0 Å². The molecule has 0 bridgehead atoms. The molecule has 150 valence electrons. The highest BCUT2D eigenvalue weighted by Gasteiger charge is 2.28. The molecule has 2 aromatic carbocycles. The van der Waals surface area contributed by atoms with Gasteiger partial charge in [-0.15, -0.1) is 0 Å². The van der Waals surface area contributed by atoms with E-state index in [4.69, 9.17) is 0 Å². The Labute approximate surface area is 164 Å². The lowest BCUT2D eigenvalue weighted by Gasteiger charge is -2.25. The molecule has 8 nitrogen and oxygen atoms in total. The Morgan fingerprint density at radius 2 is 1.79 bits per heavy atom. The fourth-order valence-corrected chi connectivity index (χ4v) is 4.76. The van der Waals surface area contributed by atoms with Crippen molar-refractivity contribution in [1.82, 2.24) is 4.31 Å². The minimum Gasteiger partial charge on any atom is -0.387 e. The first kappa shape index (κ1) is 20.2. The average Bonchev–Trinajstić information content (AvgIpc) is 2.73. The van der Waals surface area contributed by atoms with Crippen molar-refractivity contribution in [3.63, 3.8) is 0 Å². The van der Waals surface area contributed by atoms with Gasteiger partial charge >= 0.3 is 0 Å². The lowest BCUT2D eigenvalue weighted by molar-refractivity contribution is -0.384. The monoisotopic (exact) mass is 405 g/mol. The van der Waals surface area contributed by atoms with Crippen molar-refractivity contribution >= 4 is 21.4 Å². The van der Waals surface area contributed by atoms with Crippen LogP contribution in [0, 0.1) is 10.1 Å². The predicted molar refractivity (Wildman–Crippen MR) is 106 cm³/mol. The third kappa shape index (κ3) is 4.49. The Bertz CT molecular complexity index is 928. The number of sulfonamides is 1. The summed E-state index contributed by atoms with van der Waals surface area (Å²) in [6, 6.07) is 12.8. The van der Waals surface area contributed by atoms with Gasteiger partial charge in [0.25, 0.3) is 5.69 Å². The normalized spacial score (nSPS) is 16.5. The molecule has 2 N–H and O–H groups in total. The van der Waals surface area contributed by atoms with Gasteiger partial charge in [-0.2, -0.15) is 4.31 Å². The molecule has 0 aliphatic carbocycles. The zero-order valence-electron chi connectivity index (χ0n) is 15.3. The highest BCUT2D eigenvalue weighted by atomic mass is 32.2. The van der Waals surface area contributed by atoms with Crippen LogP contribution in [0.4, 0.5) is 11.4 Å². The van der Waals surface area contributed by atoms with Gasteiger partial charge in [-0.1, -0.05) is 36.8 Å². The summed E-state index contributed by atoms with van der Waals surface area (Å²) in [6.07, 6.45) is 1.72. The number of nitro benzene ring substituents is 1. The molecule has 1 aliphatic heterocycles. The average molecular weight is 405 g/mol. The van der Waals surface area contributed by atoms with E-state index in [9.17, 15) is 23.6 Å². The van der Waals surface area contributed by atoms with Crippen LogP contribution in [0.3, 0.4) is 0 Å². The van der Waals surface area contributed by atoms with Crippen molar-refractivity contribution in [2.45, 2.75) is 30.3 Å². The zero-order valence-corrected chi connectivity index (χ0v) is 16.1. The molecule has 0 spiro atoms. The Morgan fingerprint density at radius 1 is 1.11 bits per heavy atom. The van der Waals surface area contributed by atoms with Crippen LogP contribution in [0.5, 0.6) is 0 Å². The molecule has 1 aliphatic rings. The maximum Gasteiger partial charge on any atom is 0.293 e. The summed E-state index contributed by atoms with van der Waals surface area (Å²) in [5, 5.41) is 24.6. The third-order valence-electron chi connectivity index (χ3n) is 4.79. The number of aliphatic hydroxyl groups excluding tert-OH is 1. The maximum atomic E-state index is 12.8. The summed E-state index contributed by atoms with van der Waals surface area (Å²) in [4.78, 5) is 10.8. The fraction of sp³-hybridized carbons (Fsp3) is 0.368. The number of nitrogens with zero attached hydrogens (tertiary/aromatic N) is 2. The van der Waals surface area contributed by atoms with E-state index in [1.807, 2.05) is 6.07 Å². The summed E-state index contributed by atoms with van der Waals surface area (Å²) in [6.45, 7) is 0.919. The smallest absolute Gasteiger partial charge is 0.293 e. The van der Waals surface area contributed by atoms with Gasteiger partial charge in [-0.3, -0.25) is 10.1 Å². The molecule has 1 fully saturated rings. The van der Waals surface area contributed by atoms with Gasteiger partial charge in [0.1, 0.15) is 5.69 Å². The highest BCUT2D eigenvalue weighted by Crippen LogP contribution is 2.30.